The molecule has 20 heavy (non-hydrogen) atoms. The molecule has 1 aromatic heterocycles. The molecule has 1 heterocycles. The molecular weight excluding hydrogens is 258 g/mol. The fraction of sp³-hybridized carbons (Fsp3) is 0.214. The van der Waals surface area contributed by atoms with Crippen molar-refractivity contribution in [1.29, 1.82) is 0 Å². The van der Waals surface area contributed by atoms with Crippen LogP contribution >= 0.6 is 0 Å². The molecule has 2 aromatic rings. The molecule has 6 heteroatoms. The summed E-state index contributed by atoms with van der Waals surface area (Å²) >= 11 is 0. The summed E-state index contributed by atoms with van der Waals surface area (Å²) in [7, 11) is 1.60. The average Bonchev–Trinajstić information content (AvgIpc) is 2.80. The molecule has 6 nitrogen and oxygen atoms in total. The summed E-state index contributed by atoms with van der Waals surface area (Å²) in [5.41, 5.74) is 2.31. The second kappa shape index (κ2) is 5.56. The largest absolute Gasteiger partial charge is 0.347 e. The highest BCUT2D eigenvalue weighted by molar-refractivity contribution is 5.93. The SMILES string of the molecule is Cc1ccc(CNC(=O)c2cc([N+](=O)[O-])cn2C)cc1. The summed E-state index contributed by atoms with van der Waals surface area (Å²) in [5.74, 6) is -0.332. The summed E-state index contributed by atoms with van der Waals surface area (Å²) in [4.78, 5) is 22.1. The fourth-order valence-electron chi connectivity index (χ4n) is 1.85. The van der Waals surface area contributed by atoms with Crippen LogP contribution in [0.5, 0.6) is 0 Å². The van der Waals surface area contributed by atoms with Gasteiger partial charge in [0.2, 0.25) is 0 Å². The van der Waals surface area contributed by atoms with Crippen molar-refractivity contribution in [2.75, 3.05) is 0 Å². The number of nitrogens with one attached hydrogen (secondary N) is 1. The van der Waals surface area contributed by atoms with E-state index < -0.39 is 4.92 Å². The van der Waals surface area contributed by atoms with Gasteiger partial charge in [0.05, 0.1) is 11.1 Å². The molecule has 0 radical (unpaired) electrons. The third-order valence-electron chi connectivity index (χ3n) is 3.01. The van der Waals surface area contributed by atoms with Crippen LogP contribution in [0.3, 0.4) is 0 Å². The first-order valence-electron chi connectivity index (χ1n) is 6.12. The number of aromatic nitrogens is 1. The lowest BCUT2D eigenvalue weighted by Crippen LogP contribution is -2.24. The quantitative estimate of drug-likeness (QED) is 0.685. The monoisotopic (exact) mass is 273 g/mol. The van der Waals surface area contributed by atoms with Gasteiger partial charge in [-0.25, -0.2) is 0 Å². The van der Waals surface area contributed by atoms with E-state index in [0.29, 0.717) is 6.54 Å². The van der Waals surface area contributed by atoms with Gasteiger partial charge in [-0.1, -0.05) is 29.8 Å². The van der Waals surface area contributed by atoms with Crippen molar-refractivity contribution in [2.24, 2.45) is 7.05 Å². The number of aryl methyl sites for hydroxylation is 2. The van der Waals surface area contributed by atoms with Crippen molar-refractivity contribution in [3.63, 3.8) is 0 Å². The van der Waals surface area contributed by atoms with Gasteiger partial charge in [0.25, 0.3) is 11.6 Å². The molecule has 0 aliphatic rings. The lowest BCUT2D eigenvalue weighted by atomic mass is 10.1. The lowest BCUT2D eigenvalue weighted by Gasteiger charge is -2.06. The summed E-state index contributed by atoms with van der Waals surface area (Å²) in [6.07, 6.45) is 1.32. The molecular formula is C14H15N3O3. The Labute approximate surface area is 116 Å². The van der Waals surface area contributed by atoms with E-state index >= 15 is 0 Å². The molecule has 0 aliphatic heterocycles. The molecule has 0 spiro atoms. The molecule has 0 atom stereocenters. The number of nitrogens with zero attached hydrogens (tertiary/aromatic N) is 2. The molecule has 0 fully saturated rings. The Morgan fingerprint density at radius 3 is 2.55 bits per heavy atom. The first-order valence-corrected chi connectivity index (χ1v) is 6.12. The van der Waals surface area contributed by atoms with Crippen LogP contribution in [0.4, 0.5) is 5.69 Å². The highest BCUT2D eigenvalue weighted by Gasteiger charge is 2.17. The summed E-state index contributed by atoms with van der Waals surface area (Å²) < 4.78 is 1.45. The maximum Gasteiger partial charge on any atom is 0.287 e. The molecule has 2 rings (SSSR count). The number of rotatable bonds is 4. The zero-order valence-electron chi connectivity index (χ0n) is 11.3. The van der Waals surface area contributed by atoms with Crippen LogP contribution in [0.2, 0.25) is 0 Å². The van der Waals surface area contributed by atoms with Crippen LogP contribution in [-0.4, -0.2) is 15.4 Å². The van der Waals surface area contributed by atoms with Gasteiger partial charge in [-0.05, 0) is 12.5 Å². The fourth-order valence-corrected chi connectivity index (χ4v) is 1.85. The molecule has 1 aromatic carbocycles. The lowest BCUT2D eigenvalue weighted by molar-refractivity contribution is -0.384. The Balaban J connectivity index is 2.05. The van der Waals surface area contributed by atoms with Crippen LogP contribution in [0.25, 0.3) is 0 Å². The predicted octanol–water partition coefficient (Wildman–Crippen LogP) is 2.17. The second-order valence-corrected chi connectivity index (χ2v) is 4.62. The zero-order valence-corrected chi connectivity index (χ0v) is 11.3. The maximum absolute atomic E-state index is 12.0. The van der Waals surface area contributed by atoms with E-state index in [4.69, 9.17) is 0 Å². The van der Waals surface area contributed by atoms with Crippen molar-refractivity contribution in [3.05, 3.63) is 63.5 Å². The topological polar surface area (TPSA) is 77.2 Å². The van der Waals surface area contributed by atoms with E-state index in [9.17, 15) is 14.9 Å². The van der Waals surface area contributed by atoms with Crippen LogP contribution < -0.4 is 5.32 Å². The smallest absolute Gasteiger partial charge is 0.287 e. The normalized spacial score (nSPS) is 10.3. The van der Waals surface area contributed by atoms with Gasteiger partial charge in [0, 0.05) is 19.7 Å². The van der Waals surface area contributed by atoms with Crippen molar-refractivity contribution < 1.29 is 9.72 Å². The van der Waals surface area contributed by atoms with Gasteiger partial charge >= 0.3 is 0 Å². The second-order valence-electron chi connectivity index (χ2n) is 4.62. The Morgan fingerprint density at radius 2 is 2.00 bits per heavy atom. The maximum atomic E-state index is 12.0. The number of hydrogen-bond acceptors (Lipinski definition) is 3. The summed E-state index contributed by atoms with van der Waals surface area (Å²) in [5, 5.41) is 13.4. The van der Waals surface area contributed by atoms with Gasteiger partial charge in [-0.2, -0.15) is 0 Å². The van der Waals surface area contributed by atoms with Crippen molar-refractivity contribution >= 4 is 11.6 Å². The Hall–Kier alpha value is -2.63. The van der Waals surface area contributed by atoms with Crippen molar-refractivity contribution in [2.45, 2.75) is 13.5 Å². The Kier molecular flexibility index (Phi) is 3.84. The molecule has 0 saturated heterocycles. The minimum absolute atomic E-state index is 0.0898. The number of carbonyl (C=O) groups excluding carboxylic acids is 1. The van der Waals surface area contributed by atoms with Crippen LogP contribution in [-0.2, 0) is 13.6 Å². The molecule has 104 valence electrons. The average molecular weight is 273 g/mol. The predicted molar refractivity (Wildman–Crippen MR) is 74.4 cm³/mol. The van der Waals surface area contributed by atoms with Gasteiger partial charge in [0.15, 0.2) is 0 Å². The minimum Gasteiger partial charge on any atom is -0.347 e. The van der Waals surface area contributed by atoms with E-state index in [1.54, 1.807) is 7.05 Å². The van der Waals surface area contributed by atoms with Crippen LogP contribution in [0.1, 0.15) is 21.6 Å². The number of carbonyl (C=O) groups is 1. The highest BCUT2D eigenvalue weighted by atomic mass is 16.6. The molecule has 1 amide bonds. The van der Waals surface area contributed by atoms with E-state index in [0.717, 1.165) is 11.1 Å². The molecule has 0 aliphatic carbocycles. The third kappa shape index (κ3) is 3.03. The Bertz CT molecular complexity index is 644. The van der Waals surface area contributed by atoms with E-state index in [1.807, 2.05) is 31.2 Å². The van der Waals surface area contributed by atoms with Gasteiger partial charge in [-0.3, -0.25) is 14.9 Å². The first kappa shape index (κ1) is 13.8. The van der Waals surface area contributed by atoms with Gasteiger partial charge < -0.3 is 9.88 Å². The Morgan fingerprint density at radius 1 is 1.35 bits per heavy atom. The standard InChI is InChI=1S/C14H15N3O3/c1-10-3-5-11(6-4-10)8-15-14(18)13-7-12(17(19)20)9-16(13)2/h3-7,9H,8H2,1-2H3,(H,15,18). The van der Waals surface area contributed by atoms with E-state index in [-0.39, 0.29) is 17.3 Å². The van der Waals surface area contributed by atoms with Crippen molar-refractivity contribution in [3.8, 4) is 0 Å². The number of benzene rings is 1. The zero-order chi connectivity index (χ0) is 14.7. The third-order valence-corrected chi connectivity index (χ3v) is 3.01. The summed E-state index contributed by atoms with van der Waals surface area (Å²) in [6, 6.07) is 9.07. The van der Waals surface area contributed by atoms with Crippen molar-refractivity contribution in [1.82, 2.24) is 9.88 Å². The molecule has 1 N–H and O–H groups in total. The molecule has 0 bridgehead atoms. The van der Waals surface area contributed by atoms with Crippen LogP contribution in [0, 0.1) is 17.0 Å². The number of hydrogen-bond donors (Lipinski definition) is 1. The molecule has 0 unspecified atom stereocenters. The highest BCUT2D eigenvalue weighted by Crippen LogP contribution is 2.15. The van der Waals surface area contributed by atoms with E-state index in [2.05, 4.69) is 5.32 Å². The van der Waals surface area contributed by atoms with E-state index in [1.165, 1.54) is 16.8 Å². The van der Waals surface area contributed by atoms with Crippen LogP contribution in [0.15, 0.2) is 36.5 Å². The molecule has 0 saturated carbocycles. The first-order chi connectivity index (χ1) is 9.47. The summed E-state index contributed by atoms with van der Waals surface area (Å²) in [6.45, 7) is 2.38. The number of amides is 1. The van der Waals surface area contributed by atoms with Gasteiger partial charge in [-0.15, -0.1) is 0 Å². The van der Waals surface area contributed by atoms with Gasteiger partial charge in [0.1, 0.15) is 5.69 Å². The minimum atomic E-state index is -0.517. The number of nitro groups is 1.